The third-order valence-corrected chi connectivity index (χ3v) is 3.88. The molecule has 3 rings (SSSR count). The van der Waals surface area contributed by atoms with E-state index in [-0.39, 0.29) is 0 Å². The van der Waals surface area contributed by atoms with Crippen LogP contribution in [-0.2, 0) is 13.1 Å². The molecule has 4 heteroatoms. The molecule has 1 aliphatic heterocycles. The van der Waals surface area contributed by atoms with E-state index in [0.29, 0.717) is 10.0 Å². The minimum absolute atomic E-state index is 0.675. The number of halogens is 2. The Kier molecular flexibility index (Phi) is 2.84. The van der Waals surface area contributed by atoms with Gasteiger partial charge in [0, 0.05) is 18.8 Å². The molecular weight excluding hydrogens is 267 g/mol. The number of hydrogen-bond acceptors (Lipinski definition) is 2. The quantitative estimate of drug-likeness (QED) is 0.796. The minimum Gasteiger partial charge on any atom is -0.398 e. The molecule has 0 aromatic heterocycles. The molecule has 0 radical (unpaired) electrons. The van der Waals surface area contributed by atoms with Crippen molar-refractivity contribution in [2.75, 3.05) is 10.6 Å². The van der Waals surface area contributed by atoms with E-state index >= 15 is 0 Å². The SMILES string of the molecule is Nc1cccc2c1CN(c1c(Cl)cccc1Cl)C2. The lowest BCUT2D eigenvalue weighted by atomic mass is 10.1. The fraction of sp³-hybridized carbons (Fsp3) is 0.143. The zero-order chi connectivity index (χ0) is 12.7. The van der Waals surface area contributed by atoms with Crippen molar-refractivity contribution < 1.29 is 0 Å². The lowest BCUT2D eigenvalue weighted by Crippen LogP contribution is -2.15. The van der Waals surface area contributed by atoms with Crippen LogP contribution in [0.4, 0.5) is 11.4 Å². The molecule has 2 N–H and O–H groups in total. The molecule has 0 saturated carbocycles. The van der Waals surface area contributed by atoms with Gasteiger partial charge in [-0.3, -0.25) is 0 Å². The smallest absolute Gasteiger partial charge is 0.0750 e. The second kappa shape index (κ2) is 4.38. The Morgan fingerprint density at radius 1 is 0.944 bits per heavy atom. The van der Waals surface area contributed by atoms with Crippen molar-refractivity contribution in [2.45, 2.75) is 13.1 Å². The fourth-order valence-corrected chi connectivity index (χ4v) is 3.03. The molecule has 0 bridgehead atoms. The highest BCUT2D eigenvalue weighted by Crippen LogP contribution is 2.39. The number of benzene rings is 2. The number of rotatable bonds is 1. The molecule has 0 saturated heterocycles. The van der Waals surface area contributed by atoms with Crippen LogP contribution in [0.3, 0.4) is 0 Å². The first kappa shape index (κ1) is 11.7. The molecule has 0 spiro atoms. The number of hydrogen-bond donors (Lipinski definition) is 1. The van der Waals surface area contributed by atoms with Gasteiger partial charge in [0.2, 0.25) is 0 Å². The predicted molar refractivity (Wildman–Crippen MR) is 77.2 cm³/mol. The van der Waals surface area contributed by atoms with E-state index in [4.69, 9.17) is 28.9 Å². The van der Waals surface area contributed by atoms with Crippen molar-refractivity contribution in [1.82, 2.24) is 0 Å². The summed E-state index contributed by atoms with van der Waals surface area (Å²) in [5.41, 5.74) is 10.1. The van der Waals surface area contributed by atoms with Crippen molar-refractivity contribution in [3.8, 4) is 0 Å². The van der Waals surface area contributed by atoms with Crippen LogP contribution in [0, 0.1) is 0 Å². The summed E-state index contributed by atoms with van der Waals surface area (Å²) < 4.78 is 0. The molecule has 0 unspecified atom stereocenters. The fourth-order valence-electron chi connectivity index (χ4n) is 2.40. The number of fused-ring (bicyclic) bond motifs is 1. The summed E-state index contributed by atoms with van der Waals surface area (Å²) in [4.78, 5) is 2.16. The first-order chi connectivity index (χ1) is 8.66. The first-order valence-corrected chi connectivity index (χ1v) is 6.47. The number of nitrogen functional groups attached to an aromatic ring is 1. The van der Waals surface area contributed by atoms with Gasteiger partial charge in [0.15, 0.2) is 0 Å². The van der Waals surface area contributed by atoms with Gasteiger partial charge in [-0.15, -0.1) is 0 Å². The maximum Gasteiger partial charge on any atom is 0.0750 e. The van der Waals surface area contributed by atoms with Gasteiger partial charge < -0.3 is 10.6 Å². The van der Waals surface area contributed by atoms with Crippen LogP contribution in [0.5, 0.6) is 0 Å². The minimum atomic E-state index is 0.675. The molecule has 2 aromatic rings. The van der Waals surface area contributed by atoms with Crippen LogP contribution >= 0.6 is 23.2 Å². The van der Waals surface area contributed by atoms with Crippen molar-refractivity contribution >= 4 is 34.6 Å². The molecule has 18 heavy (non-hydrogen) atoms. The van der Waals surface area contributed by atoms with Crippen LogP contribution in [0.2, 0.25) is 10.0 Å². The predicted octanol–water partition coefficient (Wildman–Crippen LogP) is 4.10. The largest absolute Gasteiger partial charge is 0.398 e. The summed E-state index contributed by atoms with van der Waals surface area (Å²) >= 11 is 12.5. The third kappa shape index (κ3) is 1.82. The molecule has 0 aliphatic carbocycles. The zero-order valence-electron chi connectivity index (χ0n) is 9.66. The lowest BCUT2D eigenvalue weighted by molar-refractivity contribution is 0.881. The van der Waals surface area contributed by atoms with Crippen molar-refractivity contribution in [1.29, 1.82) is 0 Å². The van der Waals surface area contributed by atoms with Crippen LogP contribution in [0.1, 0.15) is 11.1 Å². The van der Waals surface area contributed by atoms with Gasteiger partial charge in [-0.1, -0.05) is 41.4 Å². The highest BCUT2D eigenvalue weighted by atomic mass is 35.5. The number of anilines is 2. The molecule has 0 amide bonds. The van der Waals surface area contributed by atoms with Gasteiger partial charge in [0.25, 0.3) is 0 Å². The Bertz CT molecular complexity index is 590. The Hall–Kier alpha value is -1.38. The topological polar surface area (TPSA) is 29.3 Å². The van der Waals surface area contributed by atoms with E-state index in [0.717, 1.165) is 24.5 Å². The summed E-state index contributed by atoms with van der Waals surface area (Å²) in [6.45, 7) is 1.55. The van der Waals surface area contributed by atoms with Crippen molar-refractivity contribution in [2.24, 2.45) is 0 Å². The average Bonchev–Trinajstić information content (AvgIpc) is 2.74. The van der Waals surface area contributed by atoms with Crippen LogP contribution in [-0.4, -0.2) is 0 Å². The second-order valence-electron chi connectivity index (χ2n) is 4.41. The molecule has 0 atom stereocenters. The normalized spacial score (nSPS) is 13.8. The Morgan fingerprint density at radius 2 is 1.61 bits per heavy atom. The van der Waals surface area contributed by atoms with Crippen LogP contribution in [0.25, 0.3) is 0 Å². The van der Waals surface area contributed by atoms with Crippen LogP contribution < -0.4 is 10.6 Å². The first-order valence-electron chi connectivity index (χ1n) is 5.72. The van der Waals surface area contributed by atoms with Gasteiger partial charge in [-0.25, -0.2) is 0 Å². The van der Waals surface area contributed by atoms with Crippen LogP contribution in [0.15, 0.2) is 36.4 Å². The standard InChI is InChI=1S/C14H12Cl2N2/c15-11-4-2-5-12(16)14(11)18-7-9-3-1-6-13(17)10(9)8-18/h1-6H,7-8,17H2. The third-order valence-electron chi connectivity index (χ3n) is 3.27. The highest BCUT2D eigenvalue weighted by Gasteiger charge is 2.23. The zero-order valence-corrected chi connectivity index (χ0v) is 11.2. The summed E-state index contributed by atoms with van der Waals surface area (Å²) in [5.74, 6) is 0. The average molecular weight is 279 g/mol. The summed E-state index contributed by atoms with van der Waals surface area (Å²) in [6, 6.07) is 11.6. The highest BCUT2D eigenvalue weighted by molar-refractivity contribution is 6.39. The maximum atomic E-state index is 6.23. The van der Waals surface area contributed by atoms with E-state index in [9.17, 15) is 0 Å². The van der Waals surface area contributed by atoms with Gasteiger partial charge in [0.1, 0.15) is 0 Å². The molecule has 2 nitrogen and oxygen atoms in total. The van der Waals surface area contributed by atoms with E-state index in [1.807, 2.05) is 30.3 Å². The van der Waals surface area contributed by atoms with Gasteiger partial charge in [0.05, 0.1) is 15.7 Å². The second-order valence-corrected chi connectivity index (χ2v) is 5.23. The maximum absolute atomic E-state index is 6.23. The summed E-state index contributed by atoms with van der Waals surface area (Å²) in [5, 5.41) is 1.35. The molecule has 1 aliphatic rings. The van der Waals surface area contributed by atoms with E-state index in [1.165, 1.54) is 11.1 Å². The number of nitrogens with two attached hydrogens (primary N) is 1. The van der Waals surface area contributed by atoms with Gasteiger partial charge >= 0.3 is 0 Å². The van der Waals surface area contributed by atoms with Gasteiger partial charge in [-0.05, 0) is 29.3 Å². The lowest BCUT2D eigenvalue weighted by Gasteiger charge is -2.20. The van der Waals surface area contributed by atoms with E-state index < -0.39 is 0 Å². The number of para-hydroxylation sites is 1. The Balaban J connectivity index is 2.02. The summed E-state index contributed by atoms with van der Waals surface area (Å²) in [7, 11) is 0. The summed E-state index contributed by atoms with van der Waals surface area (Å²) in [6.07, 6.45) is 0. The molecule has 2 aromatic carbocycles. The molecule has 92 valence electrons. The van der Waals surface area contributed by atoms with E-state index in [1.54, 1.807) is 0 Å². The molecule has 0 fully saturated rings. The van der Waals surface area contributed by atoms with E-state index in [2.05, 4.69) is 11.0 Å². The Morgan fingerprint density at radius 3 is 2.28 bits per heavy atom. The molecular formula is C14H12Cl2N2. The van der Waals surface area contributed by atoms with Crippen molar-refractivity contribution in [3.05, 3.63) is 57.6 Å². The van der Waals surface area contributed by atoms with Crippen molar-refractivity contribution in [3.63, 3.8) is 0 Å². The molecule has 1 heterocycles. The number of nitrogens with zero attached hydrogens (tertiary/aromatic N) is 1. The van der Waals surface area contributed by atoms with Gasteiger partial charge in [-0.2, -0.15) is 0 Å². The monoisotopic (exact) mass is 278 g/mol. The Labute approximate surface area is 116 Å².